The second kappa shape index (κ2) is 6.23. The molecule has 0 radical (unpaired) electrons. The molecule has 0 fully saturated rings. The summed E-state index contributed by atoms with van der Waals surface area (Å²) >= 11 is 0. The highest BCUT2D eigenvalue weighted by Gasteiger charge is 2.02. The topological polar surface area (TPSA) is 37.0 Å². The lowest BCUT2D eigenvalue weighted by Crippen LogP contribution is -2.01. The molecule has 0 atom stereocenters. The summed E-state index contributed by atoms with van der Waals surface area (Å²) in [6.45, 7) is 7.37. The van der Waals surface area contributed by atoms with Gasteiger partial charge in [-0.3, -0.25) is 4.98 Å². The molecule has 19 heavy (non-hydrogen) atoms. The van der Waals surface area contributed by atoms with Gasteiger partial charge in [-0.15, -0.1) is 0 Å². The molecular formula is C16H21N3. The highest BCUT2D eigenvalue weighted by atomic mass is 14.9. The van der Waals surface area contributed by atoms with E-state index in [2.05, 4.69) is 60.7 Å². The minimum Gasteiger partial charge on any atom is -0.384 e. The number of aryl methyl sites for hydroxylation is 1. The number of anilines is 3. The molecule has 0 bridgehead atoms. The molecule has 2 aromatic rings. The van der Waals surface area contributed by atoms with E-state index in [4.69, 9.17) is 0 Å². The third-order valence-corrected chi connectivity index (χ3v) is 3.20. The third-order valence-electron chi connectivity index (χ3n) is 3.20. The molecule has 0 saturated heterocycles. The summed E-state index contributed by atoms with van der Waals surface area (Å²) in [5.74, 6) is 0. The summed E-state index contributed by atoms with van der Waals surface area (Å²) in [6, 6.07) is 8.37. The standard InChI is InChI=1S/C16H21N3/c1-4-8-18-14-9-15(11-17-10-14)19-16-7-5-6-12(2)13(16)3/h5-7,9-11,18-19H,4,8H2,1-3H3. The number of pyridine rings is 1. The lowest BCUT2D eigenvalue weighted by atomic mass is 10.1. The molecule has 1 aromatic heterocycles. The van der Waals surface area contributed by atoms with E-state index in [0.717, 1.165) is 30.0 Å². The summed E-state index contributed by atoms with van der Waals surface area (Å²) in [5, 5.41) is 6.77. The van der Waals surface area contributed by atoms with E-state index >= 15 is 0 Å². The number of rotatable bonds is 5. The van der Waals surface area contributed by atoms with Gasteiger partial charge in [0.25, 0.3) is 0 Å². The van der Waals surface area contributed by atoms with E-state index in [-0.39, 0.29) is 0 Å². The van der Waals surface area contributed by atoms with Crippen molar-refractivity contribution >= 4 is 17.1 Å². The smallest absolute Gasteiger partial charge is 0.0591 e. The van der Waals surface area contributed by atoms with Crippen LogP contribution in [0.1, 0.15) is 24.5 Å². The fraction of sp³-hybridized carbons (Fsp3) is 0.312. The van der Waals surface area contributed by atoms with Crippen LogP contribution in [-0.4, -0.2) is 11.5 Å². The van der Waals surface area contributed by atoms with Gasteiger partial charge in [0.2, 0.25) is 0 Å². The molecule has 2 N–H and O–H groups in total. The van der Waals surface area contributed by atoms with Crippen molar-refractivity contribution in [3.63, 3.8) is 0 Å². The molecule has 2 rings (SSSR count). The molecule has 0 spiro atoms. The number of aromatic nitrogens is 1. The van der Waals surface area contributed by atoms with Crippen LogP contribution in [0.5, 0.6) is 0 Å². The van der Waals surface area contributed by atoms with Crippen LogP contribution in [0, 0.1) is 13.8 Å². The Kier molecular flexibility index (Phi) is 4.39. The van der Waals surface area contributed by atoms with Crippen LogP contribution in [0.15, 0.2) is 36.7 Å². The van der Waals surface area contributed by atoms with Crippen LogP contribution >= 0.6 is 0 Å². The number of hydrogen-bond donors (Lipinski definition) is 2. The van der Waals surface area contributed by atoms with Crippen molar-refractivity contribution < 1.29 is 0 Å². The molecular weight excluding hydrogens is 234 g/mol. The van der Waals surface area contributed by atoms with Crippen molar-refractivity contribution in [2.24, 2.45) is 0 Å². The summed E-state index contributed by atoms with van der Waals surface area (Å²) in [7, 11) is 0. The van der Waals surface area contributed by atoms with Gasteiger partial charge in [0, 0.05) is 12.2 Å². The summed E-state index contributed by atoms with van der Waals surface area (Å²) < 4.78 is 0. The van der Waals surface area contributed by atoms with Crippen molar-refractivity contribution in [1.82, 2.24) is 4.98 Å². The molecule has 0 amide bonds. The number of benzene rings is 1. The Balaban J connectivity index is 2.16. The average Bonchev–Trinajstić information content (AvgIpc) is 2.42. The summed E-state index contributed by atoms with van der Waals surface area (Å²) in [5.41, 5.74) is 5.76. The Hall–Kier alpha value is -2.03. The van der Waals surface area contributed by atoms with Gasteiger partial charge in [-0.2, -0.15) is 0 Å². The Morgan fingerprint density at radius 3 is 2.68 bits per heavy atom. The minimum absolute atomic E-state index is 0.967. The van der Waals surface area contributed by atoms with E-state index in [1.807, 2.05) is 12.4 Å². The predicted octanol–water partition coefficient (Wildman–Crippen LogP) is 4.26. The Labute approximate surface area is 115 Å². The molecule has 0 unspecified atom stereocenters. The maximum absolute atomic E-state index is 4.26. The highest BCUT2D eigenvalue weighted by Crippen LogP contribution is 2.23. The minimum atomic E-state index is 0.967. The predicted molar refractivity (Wildman–Crippen MR) is 82.2 cm³/mol. The first-order valence-corrected chi connectivity index (χ1v) is 6.73. The van der Waals surface area contributed by atoms with E-state index in [0.29, 0.717) is 0 Å². The van der Waals surface area contributed by atoms with E-state index < -0.39 is 0 Å². The van der Waals surface area contributed by atoms with Crippen LogP contribution in [0.3, 0.4) is 0 Å². The number of hydrogen-bond acceptors (Lipinski definition) is 3. The fourth-order valence-corrected chi connectivity index (χ4v) is 1.92. The zero-order valence-electron chi connectivity index (χ0n) is 11.8. The van der Waals surface area contributed by atoms with Crippen molar-refractivity contribution in [3.05, 3.63) is 47.8 Å². The van der Waals surface area contributed by atoms with Gasteiger partial charge in [-0.25, -0.2) is 0 Å². The molecule has 0 aliphatic carbocycles. The van der Waals surface area contributed by atoms with Crippen molar-refractivity contribution in [3.8, 4) is 0 Å². The molecule has 1 aromatic carbocycles. The largest absolute Gasteiger partial charge is 0.384 e. The van der Waals surface area contributed by atoms with Crippen molar-refractivity contribution in [1.29, 1.82) is 0 Å². The van der Waals surface area contributed by atoms with E-state index in [1.54, 1.807) is 0 Å². The second-order valence-corrected chi connectivity index (χ2v) is 4.76. The Bertz CT molecular complexity index is 549. The van der Waals surface area contributed by atoms with Crippen LogP contribution in [0.4, 0.5) is 17.1 Å². The van der Waals surface area contributed by atoms with Gasteiger partial charge in [0.05, 0.1) is 23.8 Å². The van der Waals surface area contributed by atoms with Gasteiger partial charge < -0.3 is 10.6 Å². The Morgan fingerprint density at radius 1 is 1.11 bits per heavy atom. The van der Waals surface area contributed by atoms with Gasteiger partial charge in [0.15, 0.2) is 0 Å². The number of nitrogens with zero attached hydrogens (tertiary/aromatic N) is 1. The van der Waals surface area contributed by atoms with Gasteiger partial charge >= 0.3 is 0 Å². The maximum Gasteiger partial charge on any atom is 0.0591 e. The zero-order valence-corrected chi connectivity index (χ0v) is 11.8. The molecule has 0 aliphatic heterocycles. The average molecular weight is 255 g/mol. The van der Waals surface area contributed by atoms with Gasteiger partial charge in [-0.05, 0) is 43.5 Å². The van der Waals surface area contributed by atoms with Crippen molar-refractivity contribution in [2.45, 2.75) is 27.2 Å². The quantitative estimate of drug-likeness (QED) is 0.838. The molecule has 100 valence electrons. The molecule has 1 heterocycles. The molecule has 3 nitrogen and oxygen atoms in total. The SMILES string of the molecule is CCCNc1cncc(Nc2cccc(C)c2C)c1. The first-order chi connectivity index (χ1) is 9.20. The van der Waals surface area contributed by atoms with Crippen LogP contribution in [0.2, 0.25) is 0 Å². The number of nitrogens with one attached hydrogen (secondary N) is 2. The molecule has 0 saturated carbocycles. The van der Waals surface area contributed by atoms with E-state index in [9.17, 15) is 0 Å². The van der Waals surface area contributed by atoms with Crippen LogP contribution in [0.25, 0.3) is 0 Å². The first kappa shape index (κ1) is 13.4. The fourth-order valence-electron chi connectivity index (χ4n) is 1.92. The first-order valence-electron chi connectivity index (χ1n) is 6.73. The Morgan fingerprint density at radius 2 is 1.89 bits per heavy atom. The van der Waals surface area contributed by atoms with Crippen LogP contribution in [-0.2, 0) is 0 Å². The van der Waals surface area contributed by atoms with Crippen molar-refractivity contribution in [2.75, 3.05) is 17.2 Å². The van der Waals surface area contributed by atoms with Gasteiger partial charge in [-0.1, -0.05) is 19.1 Å². The molecule has 0 aliphatic rings. The summed E-state index contributed by atoms with van der Waals surface area (Å²) in [6.07, 6.45) is 4.80. The monoisotopic (exact) mass is 255 g/mol. The lowest BCUT2D eigenvalue weighted by molar-refractivity contribution is 0.977. The molecule has 3 heteroatoms. The van der Waals surface area contributed by atoms with Crippen LogP contribution < -0.4 is 10.6 Å². The normalized spacial score (nSPS) is 10.3. The maximum atomic E-state index is 4.26. The highest BCUT2D eigenvalue weighted by molar-refractivity contribution is 5.66. The van der Waals surface area contributed by atoms with E-state index in [1.165, 1.54) is 11.1 Å². The lowest BCUT2D eigenvalue weighted by Gasteiger charge is -2.12. The third kappa shape index (κ3) is 3.47. The zero-order chi connectivity index (χ0) is 13.7. The second-order valence-electron chi connectivity index (χ2n) is 4.76. The van der Waals surface area contributed by atoms with Gasteiger partial charge in [0.1, 0.15) is 0 Å². The summed E-state index contributed by atoms with van der Waals surface area (Å²) in [4.78, 5) is 4.26.